The molecular weight excluding hydrogens is 270 g/mol. The molecule has 0 amide bonds. The number of carboxylic acids is 1. The molecule has 0 aliphatic rings. The van der Waals surface area contributed by atoms with Crippen molar-refractivity contribution >= 4 is 11.7 Å². The van der Waals surface area contributed by atoms with Crippen LogP contribution < -0.4 is 14.4 Å². The highest BCUT2D eigenvalue weighted by Crippen LogP contribution is 2.32. The molecule has 1 aromatic rings. The van der Waals surface area contributed by atoms with Gasteiger partial charge in [0.1, 0.15) is 11.5 Å². The summed E-state index contributed by atoms with van der Waals surface area (Å²) in [6, 6.07) is 5.60. The lowest BCUT2D eigenvalue weighted by Gasteiger charge is -2.27. The third kappa shape index (κ3) is 5.53. The number of benzene rings is 1. The molecule has 5 heteroatoms. The Morgan fingerprint density at radius 1 is 1.24 bits per heavy atom. The second kappa shape index (κ2) is 8.39. The van der Waals surface area contributed by atoms with Crippen LogP contribution in [-0.4, -0.2) is 38.4 Å². The van der Waals surface area contributed by atoms with E-state index in [1.807, 2.05) is 18.2 Å². The lowest BCUT2D eigenvalue weighted by Crippen LogP contribution is -2.28. The third-order valence-corrected chi connectivity index (χ3v) is 3.30. The van der Waals surface area contributed by atoms with Gasteiger partial charge in [0.15, 0.2) is 0 Å². The molecule has 0 saturated carbocycles. The van der Waals surface area contributed by atoms with E-state index in [0.29, 0.717) is 18.2 Å². The van der Waals surface area contributed by atoms with Gasteiger partial charge in [0.2, 0.25) is 0 Å². The van der Waals surface area contributed by atoms with Gasteiger partial charge in [-0.05, 0) is 24.5 Å². The van der Waals surface area contributed by atoms with Gasteiger partial charge < -0.3 is 19.5 Å². The maximum atomic E-state index is 10.9. The molecule has 1 N–H and O–H groups in total. The van der Waals surface area contributed by atoms with Crippen LogP contribution in [0, 0.1) is 5.92 Å². The minimum Gasteiger partial charge on any atom is -0.497 e. The Morgan fingerprint density at radius 2 is 1.95 bits per heavy atom. The van der Waals surface area contributed by atoms with Crippen LogP contribution in [0.4, 0.5) is 5.69 Å². The number of hydrogen-bond acceptors (Lipinski definition) is 4. The molecule has 0 atom stereocenters. The van der Waals surface area contributed by atoms with E-state index in [1.165, 1.54) is 0 Å². The van der Waals surface area contributed by atoms with Crippen molar-refractivity contribution in [3.8, 4) is 11.5 Å². The largest absolute Gasteiger partial charge is 0.497 e. The third-order valence-electron chi connectivity index (χ3n) is 3.30. The molecule has 1 rings (SSSR count). The standard InChI is InChI=1S/C16H25NO4/c1-12(2)7-9-17(10-8-16(18)19)14-6-5-13(20-3)11-15(14)21-4/h5-6,11-12H,7-10H2,1-4H3,(H,18,19). The zero-order valence-electron chi connectivity index (χ0n) is 13.3. The molecule has 0 saturated heterocycles. The number of carboxylic acid groups (broad SMARTS) is 1. The average molecular weight is 295 g/mol. The number of carbonyl (C=O) groups is 1. The summed E-state index contributed by atoms with van der Waals surface area (Å²) in [6.07, 6.45) is 1.10. The molecule has 5 nitrogen and oxygen atoms in total. The number of methoxy groups -OCH3 is 2. The lowest BCUT2D eigenvalue weighted by atomic mass is 10.1. The predicted octanol–water partition coefficient (Wildman–Crippen LogP) is 3.03. The van der Waals surface area contributed by atoms with Crippen molar-refractivity contribution in [1.29, 1.82) is 0 Å². The summed E-state index contributed by atoms with van der Waals surface area (Å²) in [5.74, 6) is 1.18. The summed E-state index contributed by atoms with van der Waals surface area (Å²) in [7, 11) is 3.21. The van der Waals surface area contributed by atoms with Gasteiger partial charge >= 0.3 is 5.97 Å². The summed E-state index contributed by atoms with van der Waals surface area (Å²) >= 11 is 0. The van der Waals surface area contributed by atoms with Gasteiger partial charge in [-0.3, -0.25) is 4.79 Å². The normalized spacial score (nSPS) is 10.5. The van der Waals surface area contributed by atoms with Crippen LogP contribution in [0.15, 0.2) is 18.2 Å². The molecule has 0 unspecified atom stereocenters. The zero-order valence-corrected chi connectivity index (χ0v) is 13.3. The number of ether oxygens (including phenoxy) is 2. The summed E-state index contributed by atoms with van der Waals surface area (Å²) in [6.45, 7) is 5.57. The highest BCUT2D eigenvalue weighted by atomic mass is 16.5. The summed E-state index contributed by atoms with van der Waals surface area (Å²) in [5.41, 5.74) is 0.903. The quantitative estimate of drug-likeness (QED) is 0.759. The number of rotatable bonds is 9. The molecule has 1 aromatic carbocycles. The molecule has 0 heterocycles. The maximum Gasteiger partial charge on any atom is 0.305 e. The minimum absolute atomic E-state index is 0.104. The Morgan fingerprint density at radius 3 is 2.48 bits per heavy atom. The van der Waals surface area contributed by atoms with Gasteiger partial charge in [0, 0.05) is 19.2 Å². The Balaban J connectivity index is 2.96. The van der Waals surface area contributed by atoms with E-state index in [0.717, 1.165) is 24.4 Å². The minimum atomic E-state index is -0.794. The molecule has 0 spiro atoms. The van der Waals surface area contributed by atoms with Gasteiger partial charge in [-0.1, -0.05) is 13.8 Å². The summed E-state index contributed by atoms with van der Waals surface area (Å²) in [5, 5.41) is 8.92. The van der Waals surface area contributed by atoms with Crippen LogP contribution in [0.5, 0.6) is 11.5 Å². The maximum absolute atomic E-state index is 10.9. The van der Waals surface area contributed by atoms with Crippen molar-refractivity contribution in [2.24, 2.45) is 5.92 Å². The molecule has 0 bridgehead atoms. The highest BCUT2D eigenvalue weighted by molar-refractivity contribution is 5.68. The van der Waals surface area contributed by atoms with E-state index in [2.05, 4.69) is 18.7 Å². The number of hydrogen-bond donors (Lipinski definition) is 1. The van der Waals surface area contributed by atoms with Gasteiger partial charge in [-0.15, -0.1) is 0 Å². The number of nitrogens with zero attached hydrogens (tertiary/aromatic N) is 1. The van der Waals surface area contributed by atoms with E-state index in [-0.39, 0.29) is 6.42 Å². The van der Waals surface area contributed by atoms with E-state index in [1.54, 1.807) is 14.2 Å². The Kier molecular flexibility index (Phi) is 6.85. The van der Waals surface area contributed by atoms with Gasteiger partial charge in [0.05, 0.1) is 26.3 Å². The van der Waals surface area contributed by atoms with Crippen LogP contribution in [0.2, 0.25) is 0 Å². The second-order valence-electron chi connectivity index (χ2n) is 5.35. The predicted molar refractivity (Wildman–Crippen MR) is 83.5 cm³/mol. The van der Waals surface area contributed by atoms with Crippen molar-refractivity contribution in [2.45, 2.75) is 26.7 Å². The highest BCUT2D eigenvalue weighted by Gasteiger charge is 2.15. The molecule has 0 aliphatic heterocycles. The molecule has 118 valence electrons. The number of anilines is 1. The Labute approximate surface area is 126 Å². The van der Waals surface area contributed by atoms with E-state index >= 15 is 0 Å². The van der Waals surface area contributed by atoms with Gasteiger partial charge in [-0.25, -0.2) is 0 Å². The van der Waals surface area contributed by atoms with Crippen molar-refractivity contribution < 1.29 is 19.4 Å². The fourth-order valence-corrected chi connectivity index (χ4v) is 2.04. The summed E-state index contributed by atoms with van der Waals surface area (Å²) in [4.78, 5) is 12.9. The molecule has 0 aromatic heterocycles. The topological polar surface area (TPSA) is 59.0 Å². The van der Waals surface area contributed by atoms with Crippen molar-refractivity contribution in [3.05, 3.63) is 18.2 Å². The average Bonchev–Trinajstić information content (AvgIpc) is 2.46. The van der Waals surface area contributed by atoms with Crippen LogP contribution in [0.1, 0.15) is 26.7 Å². The first-order chi connectivity index (χ1) is 9.97. The first kappa shape index (κ1) is 17.1. The smallest absolute Gasteiger partial charge is 0.305 e. The fourth-order valence-electron chi connectivity index (χ4n) is 2.04. The van der Waals surface area contributed by atoms with Crippen LogP contribution >= 0.6 is 0 Å². The van der Waals surface area contributed by atoms with Gasteiger partial charge in [0.25, 0.3) is 0 Å². The Hall–Kier alpha value is -1.91. The van der Waals surface area contributed by atoms with Crippen molar-refractivity contribution in [3.63, 3.8) is 0 Å². The van der Waals surface area contributed by atoms with Crippen LogP contribution in [0.25, 0.3) is 0 Å². The first-order valence-corrected chi connectivity index (χ1v) is 7.16. The van der Waals surface area contributed by atoms with Crippen LogP contribution in [0.3, 0.4) is 0 Å². The molecule has 0 radical (unpaired) electrons. The Bertz CT molecular complexity index is 460. The van der Waals surface area contributed by atoms with E-state index in [9.17, 15) is 4.79 Å². The SMILES string of the molecule is COc1ccc(N(CCC(=O)O)CCC(C)C)c(OC)c1. The number of aliphatic carboxylic acids is 1. The molecule has 21 heavy (non-hydrogen) atoms. The zero-order chi connectivity index (χ0) is 15.8. The van der Waals surface area contributed by atoms with Gasteiger partial charge in [-0.2, -0.15) is 0 Å². The monoisotopic (exact) mass is 295 g/mol. The lowest BCUT2D eigenvalue weighted by molar-refractivity contribution is -0.136. The molecule has 0 fully saturated rings. The van der Waals surface area contributed by atoms with E-state index in [4.69, 9.17) is 14.6 Å². The van der Waals surface area contributed by atoms with E-state index < -0.39 is 5.97 Å². The molecule has 0 aliphatic carbocycles. The van der Waals surface area contributed by atoms with Crippen molar-refractivity contribution in [1.82, 2.24) is 0 Å². The van der Waals surface area contributed by atoms with Crippen molar-refractivity contribution in [2.75, 3.05) is 32.2 Å². The fraction of sp³-hybridized carbons (Fsp3) is 0.562. The summed E-state index contributed by atoms with van der Waals surface area (Å²) < 4.78 is 10.6. The first-order valence-electron chi connectivity index (χ1n) is 7.16. The molecular formula is C16H25NO4. The van der Waals surface area contributed by atoms with Crippen LogP contribution in [-0.2, 0) is 4.79 Å². The second-order valence-corrected chi connectivity index (χ2v) is 5.35.